The molecule has 1 aromatic heterocycles. The number of nitrogens with zero attached hydrogens (tertiary/aromatic N) is 2. The minimum absolute atomic E-state index is 0.314. The summed E-state index contributed by atoms with van der Waals surface area (Å²) in [5, 5.41) is 2.31. The van der Waals surface area contributed by atoms with Crippen LogP contribution in [0.4, 0.5) is 8.78 Å². The molecule has 7 heteroatoms. The fourth-order valence-electron chi connectivity index (χ4n) is 1.42. The van der Waals surface area contributed by atoms with Crippen LogP contribution in [0.5, 0.6) is 0 Å². The van der Waals surface area contributed by atoms with E-state index in [0.29, 0.717) is 6.54 Å². The van der Waals surface area contributed by atoms with Gasteiger partial charge in [0.1, 0.15) is 6.04 Å². The van der Waals surface area contributed by atoms with Crippen molar-refractivity contribution in [1.82, 2.24) is 15.2 Å². The quantitative estimate of drug-likeness (QED) is 0.830. The van der Waals surface area contributed by atoms with Gasteiger partial charge in [0.25, 0.3) is 5.91 Å². The van der Waals surface area contributed by atoms with Crippen LogP contribution in [0.3, 0.4) is 0 Å². The highest BCUT2D eigenvalue weighted by Crippen LogP contribution is 2.09. The first-order valence-corrected chi connectivity index (χ1v) is 5.74. The number of amides is 2. The highest BCUT2D eigenvalue weighted by atomic mass is 19.2. The van der Waals surface area contributed by atoms with Gasteiger partial charge in [-0.25, -0.2) is 9.37 Å². The molecule has 0 fully saturated rings. The van der Waals surface area contributed by atoms with Gasteiger partial charge in [0.2, 0.25) is 11.9 Å². The summed E-state index contributed by atoms with van der Waals surface area (Å²) in [6.45, 7) is 3.74. The molecule has 1 rings (SSSR count). The number of hydrogen-bond donors (Lipinski definition) is 1. The Labute approximate surface area is 109 Å². The first-order valence-electron chi connectivity index (χ1n) is 5.74. The van der Waals surface area contributed by atoms with Gasteiger partial charge in [-0.2, -0.15) is 4.39 Å². The van der Waals surface area contributed by atoms with Gasteiger partial charge >= 0.3 is 0 Å². The molecule has 1 atom stereocenters. The van der Waals surface area contributed by atoms with Crippen LogP contribution in [0.1, 0.15) is 24.2 Å². The van der Waals surface area contributed by atoms with Gasteiger partial charge in [0.15, 0.2) is 5.82 Å². The summed E-state index contributed by atoms with van der Waals surface area (Å²) < 4.78 is 26.2. The Bertz CT molecular complexity index is 494. The predicted molar refractivity (Wildman–Crippen MR) is 64.4 cm³/mol. The molecule has 0 aromatic carbocycles. The Morgan fingerprint density at radius 1 is 1.47 bits per heavy atom. The molecule has 0 bridgehead atoms. The second-order valence-electron chi connectivity index (χ2n) is 4.01. The van der Waals surface area contributed by atoms with Crippen LogP contribution in [0.25, 0.3) is 0 Å². The zero-order valence-electron chi connectivity index (χ0n) is 10.9. The van der Waals surface area contributed by atoms with Crippen molar-refractivity contribution in [3.8, 4) is 0 Å². The first kappa shape index (κ1) is 15.0. The maximum atomic E-state index is 13.3. The topological polar surface area (TPSA) is 62.3 Å². The molecule has 0 aliphatic heterocycles. The van der Waals surface area contributed by atoms with Gasteiger partial charge in [-0.3, -0.25) is 9.59 Å². The van der Waals surface area contributed by atoms with Crippen molar-refractivity contribution in [3.63, 3.8) is 0 Å². The third kappa shape index (κ3) is 3.46. The maximum absolute atomic E-state index is 13.3. The van der Waals surface area contributed by atoms with Crippen LogP contribution < -0.4 is 5.32 Å². The monoisotopic (exact) mass is 271 g/mol. The van der Waals surface area contributed by atoms with E-state index in [-0.39, 0.29) is 5.91 Å². The Morgan fingerprint density at radius 2 is 2.11 bits per heavy atom. The maximum Gasteiger partial charge on any atom is 0.255 e. The van der Waals surface area contributed by atoms with Crippen LogP contribution in [0.15, 0.2) is 12.3 Å². The first-order chi connectivity index (χ1) is 8.88. The number of hydrogen-bond acceptors (Lipinski definition) is 3. The Hall–Kier alpha value is -2.05. The Morgan fingerprint density at radius 3 is 2.68 bits per heavy atom. The number of carbonyl (C=O) groups excluding carboxylic acids is 2. The number of pyridine rings is 1. The van der Waals surface area contributed by atoms with E-state index in [1.165, 1.54) is 11.8 Å². The summed E-state index contributed by atoms with van der Waals surface area (Å²) in [5.74, 6) is -3.85. The molecule has 0 spiro atoms. The molecule has 1 heterocycles. The molecule has 0 radical (unpaired) electrons. The van der Waals surface area contributed by atoms with E-state index in [1.54, 1.807) is 14.0 Å². The average molecular weight is 271 g/mol. The van der Waals surface area contributed by atoms with Crippen LogP contribution in [0.2, 0.25) is 0 Å². The van der Waals surface area contributed by atoms with Crippen molar-refractivity contribution in [2.75, 3.05) is 13.6 Å². The highest BCUT2D eigenvalue weighted by Gasteiger charge is 2.22. The molecule has 104 valence electrons. The molecule has 1 aromatic rings. The molecule has 1 N–H and O–H groups in total. The van der Waals surface area contributed by atoms with E-state index in [9.17, 15) is 18.4 Å². The third-order valence-corrected chi connectivity index (χ3v) is 2.66. The number of rotatable bonds is 4. The Balaban J connectivity index is 2.80. The van der Waals surface area contributed by atoms with Crippen molar-refractivity contribution < 1.29 is 18.4 Å². The molecule has 5 nitrogen and oxygen atoms in total. The molecule has 0 aliphatic carbocycles. The van der Waals surface area contributed by atoms with Gasteiger partial charge < -0.3 is 10.2 Å². The molecule has 19 heavy (non-hydrogen) atoms. The molecule has 1 unspecified atom stereocenters. The largest absolute Gasteiger partial charge is 0.344 e. The third-order valence-electron chi connectivity index (χ3n) is 2.66. The van der Waals surface area contributed by atoms with Gasteiger partial charge in [-0.05, 0) is 19.9 Å². The van der Waals surface area contributed by atoms with Gasteiger partial charge in [-0.1, -0.05) is 0 Å². The lowest BCUT2D eigenvalue weighted by Crippen LogP contribution is -2.45. The number of halogens is 2. The second kappa shape index (κ2) is 6.21. The fourth-order valence-corrected chi connectivity index (χ4v) is 1.42. The molecular weight excluding hydrogens is 256 g/mol. The average Bonchev–Trinajstić information content (AvgIpc) is 2.39. The molecule has 0 saturated heterocycles. The van der Waals surface area contributed by atoms with Crippen LogP contribution >= 0.6 is 0 Å². The van der Waals surface area contributed by atoms with Crippen LogP contribution in [-0.4, -0.2) is 41.3 Å². The second-order valence-corrected chi connectivity index (χ2v) is 4.01. The van der Waals surface area contributed by atoms with Gasteiger partial charge in [0.05, 0.1) is 5.56 Å². The van der Waals surface area contributed by atoms with Crippen molar-refractivity contribution >= 4 is 11.8 Å². The summed E-state index contributed by atoms with van der Waals surface area (Å²) in [7, 11) is 1.58. The fraction of sp³-hybridized carbons (Fsp3) is 0.417. The predicted octanol–water partition coefficient (Wildman–Crippen LogP) is 0.956. The van der Waals surface area contributed by atoms with Crippen LogP contribution in [-0.2, 0) is 4.79 Å². The van der Waals surface area contributed by atoms with Gasteiger partial charge in [0, 0.05) is 19.8 Å². The van der Waals surface area contributed by atoms with E-state index in [1.807, 2.05) is 0 Å². The zero-order chi connectivity index (χ0) is 14.6. The lowest BCUT2D eigenvalue weighted by atomic mass is 10.2. The normalized spacial score (nSPS) is 11.8. The molecule has 0 aliphatic rings. The lowest BCUT2D eigenvalue weighted by molar-refractivity contribution is -0.131. The molecule has 2 amide bonds. The summed E-state index contributed by atoms with van der Waals surface area (Å²) in [6, 6.07) is 0.224. The summed E-state index contributed by atoms with van der Waals surface area (Å²) in [4.78, 5) is 27.9. The van der Waals surface area contributed by atoms with E-state index < -0.39 is 29.3 Å². The van der Waals surface area contributed by atoms with Gasteiger partial charge in [-0.15, -0.1) is 0 Å². The van der Waals surface area contributed by atoms with Crippen molar-refractivity contribution in [2.24, 2.45) is 0 Å². The van der Waals surface area contributed by atoms with Crippen molar-refractivity contribution in [1.29, 1.82) is 0 Å². The van der Waals surface area contributed by atoms with E-state index >= 15 is 0 Å². The van der Waals surface area contributed by atoms with Crippen LogP contribution in [0, 0.1) is 11.8 Å². The highest BCUT2D eigenvalue weighted by molar-refractivity contribution is 5.97. The SMILES string of the molecule is CCN(C)C(=O)C(C)NC(=O)c1ccnc(F)c1F. The smallest absolute Gasteiger partial charge is 0.255 e. The Kier molecular flexibility index (Phi) is 4.91. The van der Waals surface area contributed by atoms with E-state index in [4.69, 9.17) is 0 Å². The minimum atomic E-state index is -1.35. The molecule has 0 saturated carbocycles. The summed E-state index contributed by atoms with van der Waals surface area (Å²) >= 11 is 0. The van der Waals surface area contributed by atoms with E-state index in [0.717, 1.165) is 12.3 Å². The number of aromatic nitrogens is 1. The lowest BCUT2D eigenvalue weighted by Gasteiger charge is -2.20. The number of carbonyl (C=O) groups is 2. The molecular formula is C12H15F2N3O2. The zero-order valence-corrected chi connectivity index (χ0v) is 10.9. The minimum Gasteiger partial charge on any atom is -0.344 e. The number of nitrogens with one attached hydrogen (secondary N) is 1. The van der Waals surface area contributed by atoms with Crippen molar-refractivity contribution in [2.45, 2.75) is 19.9 Å². The summed E-state index contributed by atoms with van der Waals surface area (Å²) in [6.07, 6.45) is 0.984. The van der Waals surface area contributed by atoms with Crippen molar-refractivity contribution in [3.05, 3.63) is 29.6 Å². The standard InChI is InChI=1S/C12H15F2N3O2/c1-4-17(3)12(19)7(2)16-11(18)8-5-6-15-10(14)9(8)13/h5-7H,4H2,1-3H3,(H,16,18). The summed E-state index contributed by atoms with van der Waals surface area (Å²) in [5.41, 5.74) is -0.480. The van der Waals surface area contributed by atoms with E-state index in [2.05, 4.69) is 10.3 Å². The number of likely N-dealkylation sites (N-methyl/N-ethyl adjacent to an activating group) is 1.